The highest BCUT2D eigenvalue weighted by molar-refractivity contribution is 7.98. The summed E-state index contributed by atoms with van der Waals surface area (Å²) in [5, 5.41) is 3.42. The first-order chi connectivity index (χ1) is 11.6. The molecule has 2 aliphatic rings. The van der Waals surface area contributed by atoms with Crippen molar-refractivity contribution in [3.8, 4) is 0 Å². The maximum atomic E-state index is 11.9. The molecular formula is C16H31N5O2S. The van der Waals surface area contributed by atoms with E-state index in [0.717, 1.165) is 64.1 Å². The topological polar surface area (TPSA) is 60.4 Å². The van der Waals surface area contributed by atoms with Gasteiger partial charge in [0.25, 0.3) is 0 Å². The van der Waals surface area contributed by atoms with E-state index in [2.05, 4.69) is 26.4 Å². The number of rotatable bonds is 6. The fourth-order valence-corrected chi connectivity index (χ4v) is 3.30. The fraction of sp³-hybridized carbons (Fsp3) is 0.875. The van der Waals surface area contributed by atoms with E-state index in [9.17, 15) is 4.79 Å². The van der Waals surface area contributed by atoms with Crippen LogP contribution < -0.4 is 5.32 Å². The van der Waals surface area contributed by atoms with Crippen LogP contribution in [0, 0.1) is 0 Å². The largest absolute Gasteiger partial charge is 0.379 e. The summed E-state index contributed by atoms with van der Waals surface area (Å²) in [4.78, 5) is 22.8. The highest BCUT2D eigenvalue weighted by atomic mass is 32.2. The number of likely N-dealkylation sites (tertiary alicyclic amines) is 1. The Bertz CT molecular complexity index is 427. The normalized spacial score (nSPS) is 22.7. The molecule has 1 N–H and O–H groups in total. The molecule has 0 bridgehead atoms. The molecule has 0 aromatic heterocycles. The number of carbonyl (C=O) groups excluding carboxylic acids is 1. The van der Waals surface area contributed by atoms with Crippen LogP contribution in [-0.2, 0) is 9.53 Å². The maximum Gasteiger partial charge on any atom is 0.243 e. The van der Waals surface area contributed by atoms with Crippen molar-refractivity contribution in [1.82, 2.24) is 20.0 Å². The third kappa shape index (κ3) is 5.82. The summed E-state index contributed by atoms with van der Waals surface area (Å²) < 4.78 is 5.45. The van der Waals surface area contributed by atoms with Crippen molar-refractivity contribution in [3.63, 3.8) is 0 Å². The zero-order valence-corrected chi connectivity index (χ0v) is 16.0. The van der Waals surface area contributed by atoms with Crippen LogP contribution in [-0.4, -0.2) is 111 Å². The van der Waals surface area contributed by atoms with Crippen LogP contribution in [0.25, 0.3) is 0 Å². The van der Waals surface area contributed by atoms with Crippen molar-refractivity contribution in [2.75, 3.05) is 78.6 Å². The first-order valence-corrected chi connectivity index (χ1v) is 10.1. The third-order valence-corrected chi connectivity index (χ3v) is 5.09. The molecule has 2 heterocycles. The summed E-state index contributed by atoms with van der Waals surface area (Å²) in [5.74, 6) is 1.93. The Morgan fingerprint density at radius 2 is 2.08 bits per heavy atom. The van der Waals surface area contributed by atoms with Crippen LogP contribution in [0.5, 0.6) is 0 Å². The van der Waals surface area contributed by atoms with Gasteiger partial charge < -0.3 is 19.9 Å². The second-order valence-corrected chi connectivity index (χ2v) is 7.37. The number of morpholine rings is 1. The first-order valence-electron chi connectivity index (χ1n) is 8.66. The predicted octanol–water partition coefficient (Wildman–Crippen LogP) is -0.210. The van der Waals surface area contributed by atoms with Crippen LogP contribution in [0.1, 0.15) is 6.42 Å². The second kappa shape index (κ2) is 10.1. The number of aliphatic imine (C=N–C) groups is 1. The summed E-state index contributed by atoms with van der Waals surface area (Å²) >= 11 is 1.81. The number of nitrogens with one attached hydrogen (secondary N) is 1. The van der Waals surface area contributed by atoms with Crippen LogP contribution in [0.2, 0.25) is 0 Å². The van der Waals surface area contributed by atoms with E-state index in [1.165, 1.54) is 0 Å². The van der Waals surface area contributed by atoms with E-state index >= 15 is 0 Å². The molecule has 2 fully saturated rings. The number of guanidine groups is 1. The molecule has 1 amide bonds. The number of hydrogen-bond donors (Lipinski definition) is 1. The van der Waals surface area contributed by atoms with Crippen molar-refractivity contribution in [2.45, 2.75) is 12.5 Å². The maximum absolute atomic E-state index is 11.9. The van der Waals surface area contributed by atoms with E-state index in [0.29, 0.717) is 6.04 Å². The molecule has 24 heavy (non-hydrogen) atoms. The fourth-order valence-electron chi connectivity index (χ4n) is 2.99. The van der Waals surface area contributed by atoms with Crippen molar-refractivity contribution in [2.24, 2.45) is 4.99 Å². The summed E-state index contributed by atoms with van der Waals surface area (Å²) in [6.45, 7) is 6.74. The Kier molecular flexibility index (Phi) is 8.14. The SMILES string of the molecule is CSCCNC(=NCC(=O)N(C)C)N1CCC(N2CCOCC2)C1. The second-order valence-electron chi connectivity index (χ2n) is 6.38. The zero-order valence-electron chi connectivity index (χ0n) is 15.2. The highest BCUT2D eigenvalue weighted by Gasteiger charge is 2.30. The summed E-state index contributed by atoms with van der Waals surface area (Å²) in [5.41, 5.74) is 0. The van der Waals surface area contributed by atoms with Gasteiger partial charge in [-0.3, -0.25) is 9.69 Å². The van der Waals surface area contributed by atoms with Crippen molar-refractivity contribution < 1.29 is 9.53 Å². The van der Waals surface area contributed by atoms with Crippen LogP contribution in [0.4, 0.5) is 0 Å². The van der Waals surface area contributed by atoms with E-state index < -0.39 is 0 Å². The Labute approximate surface area is 149 Å². The number of nitrogens with zero attached hydrogens (tertiary/aromatic N) is 4. The number of likely N-dealkylation sites (N-methyl/N-ethyl adjacent to an activating group) is 1. The molecule has 1 atom stereocenters. The lowest BCUT2D eigenvalue weighted by Gasteiger charge is -2.32. The average Bonchev–Trinajstić information content (AvgIpc) is 3.08. The lowest BCUT2D eigenvalue weighted by Crippen LogP contribution is -2.47. The molecular weight excluding hydrogens is 326 g/mol. The standard InChI is InChI=1S/C16H31N5O2S/c1-19(2)15(22)12-18-16(17-5-11-24-3)21-6-4-14(13-21)20-7-9-23-10-8-20/h14H,4-13H2,1-3H3,(H,17,18). The van der Waals surface area contributed by atoms with Gasteiger partial charge in [0, 0.05) is 58.6 Å². The van der Waals surface area contributed by atoms with Gasteiger partial charge >= 0.3 is 0 Å². The molecule has 0 aromatic carbocycles. The van der Waals surface area contributed by atoms with Gasteiger partial charge in [-0.1, -0.05) is 0 Å². The van der Waals surface area contributed by atoms with Gasteiger partial charge in [-0.15, -0.1) is 0 Å². The molecule has 2 aliphatic heterocycles. The van der Waals surface area contributed by atoms with Gasteiger partial charge in [0.05, 0.1) is 13.2 Å². The molecule has 138 valence electrons. The minimum absolute atomic E-state index is 0.0306. The quantitative estimate of drug-likeness (QED) is 0.403. The molecule has 0 saturated carbocycles. The van der Waals surface area contributed by atoms with Crippen LogP contribution in [0.15, 0.2) is 4.99 Å². The monoisotopic (exact) mass is 357 g/mol. The van der Waals surface area contributed by atoms with Crippen molar-refractivity contribution >= 4 is 23.6 Å². The molecule has 1 unspecified atom stereocenters. The minimum Gasteiger partial charge on any atom is -0.379 e. The molecule has 0 aliphatic carbocycles. The number of thioether (sulfide) groups is 1. The number of hydrogen-bond acceptors (Lipinski definition) is 5. The first kappa shape index (κ1) is 19.3. The molecule has 8 heteroatoms. The van der Waals surface area contributed by atoms with E-state index in [-0.39, 0.29) is 12.5 Å². The summed E-state index contributed by atoms with van der Waals surface area (Å²) in [7, 11) is 3.53. The summed E-state index contributed by atoms with van der Waals surface area (Å²) in [6.07, 6.45) is 3.24. The average molecular weight is 358 g/mol. The van der Waals surface area contributed by atoms with Crippen molar-refractivity contribution in [3.05, 3.63) is 0 Å². The molecule has 7 nitrogen and oxygen atoms in total. The number of carbonyl (C=O) groups is 1. The Morgan fingerprint density at radius 3 is 2.75 bits per heavy atom. The molecule has 0 spiro atoms. The van der Waals surface area contributed by atoms with Gasteiger partial charge in [-0.25, -0.2) is 4.99 Å². The molecule has 0 radical (unpaired) electrons. The van der Waals surface area contributed by atoms with Gasteiger partial charge in [0.1, 0.15) is 6.54 Å². The summed E-state index contributed by atoms with van der Waals surface area (Å²) in [6, 6.07) is 0.561. The van der Waals surface area contributed by atoms with Gasteiger partial charge in [-0.05, 0) is 12.7 Å². The highest BCUT2D eigenvalue weighted by Crippen LogP contribution is 2.17. The molecule has 0 aromatic rings. The third-order valence-electron chi connectivity index (χ3n) is 4.48. The lowest BCUT2D eigenvalue weighted by molar-refractivity contribution is -0.127. The van der Waals surface area contributed by atoms with Crippen LogP contribution in [0.3, 0.4) is 0 Å². The van der Waals surface area contributed by atoms with Gasteiger partial charge in [-0.2, -0.15) is 11.8 Å². The number of ether oxygens (including phenoxy) is 1. The van der Waals surface area contributed by atoms with Crippen molar-refractivity contribution in [1.29, 1.82) is 0 Å². The number of amides is 1. The van der Waals surface area contributed by atoms with E-state index in [4.69, 9.17) is 4.74 Å². The van der Waals surface area contributed by atoms with E-state index in [1.54, 1.807) is 30.8 Å². The van der Waals surface area contributed by atoms with Gasteiger partial charge in [0.15, 0.2) is 5.96 Å². The van der Waals surface area contributed by atoms with Gasteiger partial charge in [0.2, 0.25) is 5.91 Å². The smallest absolute Gasteiger partial charge is 0.243 e. The Balaban J connectivity index is 1.93. The molecule has 2 saturated heterocycles. The Morgan fingerprint density at radius 1 is 1.33 bits per heavy atom. The Hall–Kier alpha value is -0.990. The lowest BCUT2D eigenvalue weighted by atomic mass is 10.2. The minimum atomic E-state index is 0.0306. The zero-order chi connectivity index (χ0) is 17.4. The molecule has 2 rings (SSSR count). The van der Waals surface area contributed by atoms with Crippen LogP contribution >= 0.6 is 11.8 Å². The van der Waals surface area contributed by atoms with E-state index in [1.807, 2.05) is 0 Å². The predicted molar refractivity (Wildman–Crippen MR) is 99.8 cm³/mol.